The monoisotopic (exact) mass is 703 g/mol. The molecule has 0 radical (unpaired) electrons. The summed E-state index contributed by atoms with van der Waals surface area (Å²) in [7, 11) is 0. The molecule has 0 aromatic rings. The zero-order valence-corrected chi connectivity index (χ0v) is 29.0. The summed E-state index contributed by atoms with van der Waals surface area (Å²) in [6.07, 6.45) is -0.537. The third-order valence-electron chi connectivity index (χ3n) is 10.8. The smallest absolute Gasteiger partial charge is 0.246 e. The summed E-state index contributed by atoms with van der Waals surface area (Å²) in [4.78, 5) is 25.2. The van der Waals surface area contributed by atoms with Crippen molar-refractivity contribution < 1.29 is 58.8 Å². The zero-order valence-electron chi connectivity index (χ0n) is 29.0. The first-order valence-electron chi connectivity index (χ1n) is 18.3. The van der Waals surface area contributed by atoms with E-state index in [1.807, 2.05) is 6.92 Å². The molecular weight excluding hydrogens is 642 g/mol. The second-order valence-corrected chi connectivity index (χ2v) is 14.5. The highest BCUT2D eigenvalue weighted by Gasteiger charge is 2.51. The molecule has 5 fully saturated rings. The average molecular weight is 704 g/mol. The number of hydrogen-bond donors (Lipinski definition) is 8. The lowest BCUT2D eigenvalue weighted by atomic mass is 9.85. The normalized spacial score (nSPS) is 40.7. The van der Waals surface area contributed by atoms with Gasteiger partial charge in [0, 0.05) is 0 Å². The Bertz CT molecular complexity index is 1010. The van der Waals surface area contributed by atoms with Gasteiger partial charge in [-0.05, 0) is 38.0 Å². The summed E-state index contributed by atoms with van der Waals surface area (Å²) in [6.45, 7) is 2.51. The van der Waals surface area contributed by atoms with E-state index in [0.717, 1.165) is 44.9 Å². The van der Waals surface area contributed by atoms with Crippen molar-refractivity contribution in [3.63, 3.8) is 0 Å². The topological polar surface area (TPSA) is 246 Å². The van der Waals surface area contributed by atoms with Crippen LogP contribution < -0.4 is 16.8 Å². The Hall–Kier alpha value is -1.50. The van der Waals surface area contributed by atoms with E-state index in [0.29, 0.717) is 12.8 Å². The Kier molecular flexibility index (Phi) is 15.9. The SMILES string of the molecule is C1CCC1.CC1O[C@@H](O[C@@H]2C(C)CCC[C@H]2O[C@@H]2O[C@@H](CO)[C@H](O)C(O[C@@H](CC3CCCCC3)C(N)=O)C2NC(=O)CN)C(O)[C@@H](O)[C@@H]1O. The van der Waals surface area contributed by atoms with Crippen LogP contribution >= 0.6 is 0 Å². The second-order valence-electron chi connectivity index (χ2n) is 14.5. The number of hydrogen-bond acceptors (Lipinski definition) is 13. The highest BCUT2D eigenvalue weighted by Crippen LogP contribution is 2.36. The minimum absolute atomic E-state index is 0.0967. The highest BCUT2D eigenvalue weighted by atomic mass is 16.7. The lowest BCUT2D eigenvalue weighted by molar-refractivity contribution is -0.336. The molecule has 15 heteroatoms. The zero-order chi connectivity index (χ0) is 35.7. The quantitative estimate of drug-likeness (QED) is 0.130. The summed E-state index contributed by atoms with van der Waals surface area (Å²) in [5, 5.41) is 55.1. The maximum Gasteiger partial charge on any atom is 0.246 e. The predicted molar refractivity (Wildman–Crippen MR) is 175 cm³/mol. The van der Waals surface area contributed by atoms with Crippen LogP contribution in [0.15, 0.2) is 0 Å². The molecule has 5 unspecified atom stereocenters. The number of aliphatic hydroxyl groups is 5. The van der Waals surface area contributed by atoms with Gasteiger partial charge in [0.1, 0.15) is 48.8 Å². The van der Waals surface area contributed by atoms with E-state index in [4.69, 9.17) is 35.2 Å². The number of rotatable bonds is 12. The Morgan fingerprint density at radius 1 is 0.796 bits per heavy atom. The summed E-state index contributed by atoms with van der Waals surface area (Å²) in [6, 6.07) is -1.15. The lowest BCUT2D eigenvalue weighted by Crippen LogP contribution is -2.67. The van der Waals surface area contributed by atoms with Gasteiger partial charge in [-0.25, -0.2) is 0 Å². The van der Waals surface area contributed by atoms with Crippen molar-refractivity contribution in [1.82, 2.24) is 5.32 Å². The molecule has 2 aliphatic heterocycles. The maximum atomic E-state index is 12.6. The summed E-state index contributed by atoms with van der Waals surface area (Å²) in [5.41, 5.74) is 11.4. The van der Waals surface area contributed by atoms with Crippen LogP contribution in [0.3, 0.4) is 0 Å². The van der Waals surface area contributed by atoms with Gasteiger partial charge in [-0.2, -0.15) is 0 Å². The number of aliphatic hydroxyl groups excluding tert-OH is 5. The highest BCUT2D eigenvalue weighted by molar-refractivity contribution is 5.79. The first-order valence-corrected chi connectivity index (χ1v) is 18.3. The van der Waals surface area contributed by atoms with E-state index in [2.05, 4.69) is 5.32 Å². The van der Waals surface area contributed by atoms with E-state index in [1.165, 1.54) is 25.7 Å². The first-order chi connectivity index (χ1) is 23.4. The Balaban J connectivity index is 0.00000126. The van der Waals surface area contributed by atoms with Crippen LogP contribution in [0.2, 0.25) is 0 Å². The van der Waals surface area contributed by atoms with E-state index >= 15 is 0 Å². The van der Waals surface area contributed by atoms with Crippen molar-refractivity contribution in [3.05, 3.63) is 0 Å². The number of carbonyl (C=O) groups is 2. The molecule has 3 saturated carbocycles. The van der Waals surface area contributed by atoms with Crippen molar-refractivity contribution in [2.24, 2.45) is 23.3 Å². The molecule has 2 heterocycles. The van der Waals surface area contributed by atoms with E-state index in [1.54, 1.807) is 6.92 Å². The average Bonchev–Trinajstić information content (AvgIpc) is 3.05. The first kappa shape index (κ1) is 40.3. The van der Waals surface area contributed by atoms with Crippen molar-refractivity contribution in [1.29, 1.82) is 0 Å². The Labute approximate surface area is 289 Å². The van der Waals surface area contributed by atoms with Crippen molar-refractivity contribution in [3.8, 4) is 0 Å². The van der Waals surface area contributed by atoms with E-state index in [9.17, 15) is 35.1 Å². The number of primary amides is 1. The van der Waals surface area contributed by atoms with Crippen LogP contribution in [-0.2, 0) is 33.3 Å². The van der Waals surface area contributed by atoms with Gasteiger partial charge in [0.05, 0.1) is 31.5 Å². The van der Waals surface area contributed by atoms with Crippen LogP contribution in [0.1, 0.15) is 97.3 Å². The van der Waals surface area contributed by atoms with Gasteiger partial charge in [-0.15, -0.1) is 0 Å². The van der Waals surface area contributed by atoms with E-state index in [-0.39, 0.29) is 18.4 Å². The van der Waals surface area contributed by atoms with Crippen molar-refractivity contribution in [2.75, 3.05) is 13.2 Å². The second kappa shape index (κ2) is 19.4. The molecule has 5 aliphatic rings. The number of nitrogens with two attached hydrogens (primary N) is 2. The van der Waals surface area contributed by atoms with Crippen LogP contribution in [0, 0.1) is 11.8 Å². The fraction of sp³-hybridized carbons (Fsp3) is 0.941. The van der Waals surface area contributed by atoms with Crippen molar-refractivity contribution >= 4 is 11.8 Å². The van der Waals surface area contributed by atoms with Gasteiger partial charge in [0.25, 0.3) is 0 Å². The molecule has 15 nitrogen and oxygen atoms in total. The largest absolute Gasteiger partial charge is 0.394 e. The fourth-order valence-corrected chi connectivity index (χ4v) is 7.30. The van der Waals surface area contributed by atoms with Gasteiger partial charge in [0.2, 0.25) is 11.8 Å². The van der Waals surface area contributed by atoms with Crippen LogP contribution in [0.4, 0.5) is 0 Å². The van der Waals surface area contributed by atoms with E-state index < -0.39 is 98.1 Å². The molecule has 0 aromatic heterocycles. The molecule has 49 heavy (non-hydrogen) atoms. The standard InChI is InChI=1S/C30H53N3O12.C4H8/c1-14-7-6-10-17(26(14)45-30-25(39)24(38)22(36)15(2)41-30)43-29-21(33-20(35)12-31)27(23(37)19(13-34)44-29)42-18(28(32)40)11-16-8-4-3-5-9-16;1-2-4-3-1/h14-19,21-27,29-30,34,36-39H,3-13,31H2,1-2H3,(H2,32,40)(H,33,35);1-4H2/t14?,15?,17-,18+,19+,21?,22-,23+,24+,25?,26-,27?,29-,30+;/m1./s1. The van der Waals surface area contributed by atoms with Gasteiger partial charge >= 0.3 is 0 Å². The molecule has 2 amide bonds. The molecule has 14 atom stereocenters. The number of amides is 2. The summed E-state index contributed by atoms with van der Waals surface area (Å²) >= 11 is 0. The molecule has 0 aromatic carbocycles. The third-order valence-corrected chi connectivity index (χ3v) is 10.8. The molecule has 0 spiro atoms. The molecule has 5 rings (SSSR count). The van der Waals surface area contributed by atoms with Crippen LogP contribution in [0.5, 0.6) is 0 Å². The maximum absolute atomic E-state index is 12.6. The fourth-order valence-electron chi connectivity index (χ4n) is 7.30. The number of nitrogens with one attached hydrogen (secondary N) is 1. The lowest BCUT2D eigenvalue weighted by Gasteiger charge is -2.48. The van der Waals surface area contributed by atoms with Crippen molar-refractivity contribution in [2.45, 2.75) is 177 Å². The minimum Gasteiger partial charge on any atom is -0.394 e. The number of carbonyl (C=O) groups excluding carboxylic acids is 2. The number of ether oxygens (including phenoxy) is 5. The van der Waals surface area contributed by atoms with Gasteiger partial charge in [-0.3, -0.25) is 9.59 Å². The van der Waals surface area contributed by atoms with Gasteiger partial charge in [0.15, 0.2) is 12.6 Å². The Morgan fingerprint density at radius 2 is 1.45 bits per heavy atom. The van der Waals surface area contributed by atoms with Gasteiger partial charge in [-0.1, -0.05) is 71.1 Å². The molecule has 3 aliphatic carbocycles. The van der Waals surface area contributed by atoms with Gasteiger partial charge < -0.3 is 66.0 Å². The molecule has 10 N–H and O–H groups in total. The molecular formula is C34H61N3O12. The Morgan fingerprint density at radius 3 is 2.04 bits per heavy atom. The van der Waals surface area contributed by atoms with Crippen LogP contribution in [-0.4, -0.2) is 130 Å². The molecule has 2 saturated heterocycles. The minimum atomic E-state index is -1.52. The summed E-state index contributed by atoms with van der Waals surface area (Å²) < 4.78 is 30.5. The predicted octanol–water partition coefficient (Wildman–Crippen LogP) is -0.304. The summed E-state index contributed by atoms with van der Waals surface area (Å²) in [5.74, 6) is -1.18. The molecule has 0 bridgehead atoms. The van der Waals surface area contributed by atoms with Crippen LogP contribution in [0.25, 0.3) is 0 Å². The third kappa shape index (κ3) is 10.8. The molecule has 284 valence electrons.